The van der Waals surface area contributed by atoms with Crippen LogP contribution in [0.4, 0.5) is 0 Å². The molecule has 0 aliphatic heterocycles. The second-order valence-electron chi connectivity index (χ2n) is 4.33. The fraction of sp³-hybridized carbons (Fsp3) is 0.500. The molecule has 16 heavy (non-hydrogen) atoms. The number of aryl methyl sites for hydroxylation is 1. The van der Waals surface area contributed by atoms with Gasteiger partial charge in [0.25, 0.3) is 0 Å². The summed E-state index contributed by atoms with van der Waals surface area (Å²) in [5.41, 5.74) is 3.20. The molecule has 2 N–H and O–H groups in total. The van der Waals surface area contributed by atoms with E-state index in [1.807, 2.05) is 19.1 Å². The number of benzene rings is 1. The van der Waals surface area contributed by atoms with Gasteiger partial charge in [0.15, 0.2) is 0 Å². The van der Waals surface area contributed by atoms with Crippen molar-refractivity contribution in [2.24, 2.45) is 0 Å². The highest BCUT2D eigenvalue weighted by molar-refractivity contribution is 5.98. The third-order valence-corrected chi connectivity index (χ3v) is 2.97. The number of hydrogen-bond acceptors (Lipinski definition) is 2. The Labute approximate surface area is 97.8 Å². The second-order valence-corrected chi connectivity index (χ2v) is 4.33. The molecule has 0 aliphatic carbocycles. The standard InChI is InChI=1S/C14H21NO/c1-4-5-6-7-12-8-9-13(11(3)15)10(2)14(12)16/h8-9,15-16H,4-7H2,1-3H3. The van der Waals surface area contributed by atoms with Crippen LogP contribution in [0.25, 0.3) is 0 Å². The lowest BCUT2D eigenvalue weighted by Gasteiger charge is -2.11. The molecule has 1 rings (SSSR count). The molecule has 0 spiro atoms. The van der Waals surface area contributed by atoms with Gasteiger partial charge < -0.3 is 10.5 Å². The van der Waals surface area contributed by atoms with Gasteiger partial charge in [0.05, 0.1) is 0 Å². The van der Waals surface area contributed by atoms with Gasteiger partial charge in [0.1, 0.15) is 5.75 Å². The molecule has 1 aromatic rings. The summed E-state index contributed by atoms with van der Waals surface area (Å²) in [5.74, 6) is 0.375. The summed E-state index contributed by atoms with van der Waals surface area (Å²) in [6.45, 7) is 5.80. The summed E-state index contributed by atoms with van der Waals surface area (Å²) in [7, 11) is 0. The van der Waals surface area contributed by atoms with Crippen LogP contribution in [0.3, 0.4) is 0 Å². The van der Waals surface area contributed by atoms with Crippen LogP contribution in [0.2, 0.25) is 0 Å². The van der Waals surface area contributed by atoms with Crippen LogP contribution >= 0.6 is 0 Å². The van der Waals surface area contributed by atoms with Crippen LogP contribution in [-0.4, -0.2) is 10.8 Å². The molecule has 0 saturated carbocycles. The minimum absolute atomic E-state index is 0.375. The number of rotatable bonds is 5. The third-order valence-electron chi connectivity index (χ3n) is 2.97. The van der Waals surface area contributed by atoms with Crippen molar-refractivity contribution >= 4 is 5.71 Å². The summed E-state index contributed by atoms with van der Waals surface area (Å²) in [5, 5.41) is 17.6. The molecule has 0 saturated heterocycles. The fourth-order valence-electron chi connectivity index (χ4n) is 1.93. The van der Waals surface area contributed by atoms with E-state index >= 15 is 0 Å². The molecule has 0 amide bonds. The summed E-state index contributed by atoms with van der Waals surface area (Å²) < 4.78 is 0. The van der Waals surface area contributed by atoms with E-state index in [-0.39, 0.29) is 0 Å². The van der Waals surface area contributed by atoms with E-state index in [4.69, 9.17) is 5.41 Å². The number of unbranched alkanes of at least 4 members (excludes halogenated alkanes) is 2. The molecule has 0 radical (unpaired) electrons. The van der Waals surface area contributed by atoms with Gasteiger partial charge >= 0.3 is 0 Å². The van der Waals surface area contributed by atoms with E-state index in [2.05, 4.69) is 6.92 Å². The van der Waals surface area contributed by atoms with Gasteiger partial charge in [-0.2, -0.15) is 0 Å². The number of phenolic OH excluding ortho intramolecular Hbond substituents is 1. The highest BCUT2D eigenvalue weighted by Crippen LogP contribution is 2.27. The quantitative estimate of drug-likeness (QED) is 0.574. The molecule has 1 aromatic carbocycles. The molecule has 2 nitrogen and oxygen atoms in total. The first kappa shape index (κ1) is 12.8. The molecular formula is C14H21NO. The molecule has 0 heterocycles. The SMILES string of the molecule is CCCCCc1ccc(C(C)=N)c(C)c1O. The highest BCUT2D eigenvalue weighted by atomic mass is 16.3. The van der Waals surface area contributed by atoms with Gasteiger partial charge in [0, 0.05) is 16.8 Å². The minimum atomic E-state index is 0.375. The van der Waals surface area contributed by atoms with Crippen molar-refractivity contribution in [2.75, 3.05) is 0 Å². The third kappa shape index (κ3) is 2.84. The molecule has 0 unspecified atom stereocenters. The Bertz CT molecular complexity index is 383. The Kier molecular flexibility index (Phi) is 4.53. The zero-order valence-corrected chi connectivity index (χ0v) is 10.4. The number of nitrogens with one attached hydrogen (secondary N) is 1. The lowest BCUT2D eigenvalue weighted by Crippen LogP contribution is -1.98. The van der Waals surface area contributed by atoms with E-state index in [0.29, 0.717) is 11.5 Å². The van der Waals surface area contributed by atoms with E-state index < -0.39 is 0 Å². The van der Waals surface area contributed by atoms with Crippen LogP contribution in [0.15, 0.2) is 12.1 Å². The molecule has 2 heteroatoms. The maximum absolute atomic E-state index is 10.0. The van der Waals surface area contributed by atoms with Gasteiger partial charge in [-0.25, -0.2) is 0 Å². The molecule has 0 atom stereocenters. The van der Waals surface area contributed by atoms with Crippen molar-refractivity contribution < 1.29 is 5.11 Å². The summed E-state index contributed by atoms with van der Waals surface area (Å²) in [4.78, 5) is 0. The second kappa shape index (κ2) is 5.69. The Balaban J connectivity index is 2.89. The smallest absolute Gasteiger partial charge is 0.122 e. The highest BCUT2D eigenvalue weighted by Gasteiger charge is 2.09. The lowest BCUT2D eigenvalue weighted by atomic mass is 9.97. The molecular weight excluding hydrogens is 198 g/mol. The van der Waals surface area contributed by atoms with Crippen LogP contribution in [-0.2, 0) is 6.42 Å². The maximum Gasteiger partial charge on any atom is 0.122 e. The largest absolute Gasteiger partial charge is 0.507 e. The van der Waals surface area contributed by atoms with Crippen molar-refractivity contribution in [1.82, 2.24) is 0 Å². The Morgan fingerprint density at radius 2 is 2.00 bits per heavy atom. The van der Waals surface area contributed by atoms with Crippen molar-refractivity contribution in [1.29, 1.82) is 5.41 Å². The van der Waals surface area contributed by atoms with Gasteiger partial charge in [0.2, 0.25) is 0 Å². The normalized spacial score (nSPS) is 10.4. The average molecular weight is 219 g/mol. The van der Waals surface area contributed by atoms with Crippen molar-refractivity contribution in [3.8, 4) is 5.75 Å². The van der Waals surface area contributed by atoms with Crippen molar-refractivity contribution in [3.63, 3.8) is 0 Å². The summed E-state index contributed by atoms with van der Waals surface area (Å²) in [6, 6.07) is 3.89. The average Bonchev–Trinajstić information content (AvgIpc) is 2.24. The van der Waals surface area contributed by atoms with Gasteiger partial charge in [-0.1, -0.05) is 31.9 Å². The lowest BCUT2D eigenvalue weighted by molar-refractivity contribution is 0.462. The first-order valence-corrected chi connectivity index (χ1v) is 5.94. The first-order valence-electron chi connectivity index (χ1n) is 5.94. The fourth-order valence-corrected chi connectivity index (χ4v) is 1.93. The topological polar surface area (TPSA) is 44.1 Å². The Morgan fingerprint density at radius 3 is 2.56 bits per heavy atom. The Morgan fingerprint density at radius 1 is 1.31 bits per heavy atom. The van der Waals surface area contributed by atoms with Crippen LogP contribution < -0.4 is 0 Å². The number of phenols is 1. The molecule has 0 bridgehead atoms. The predicted octanol–water partition coefficient (Wildman–Crippen LogP) is 3.82. The minimum Gasteiger partial charge on any atom is -0.507 e. The molecule has 0 aromatic heterocycles. The number of hydrogen-bond donors (Lipinski definition) is 2. The zero-order valence-electron chi connectivity index (χ0n) is 10.4. The van der Waals surface area contributed by atoms with E-state index in [1.54, 1.807) is 6.92 Å². The van der Waals surface area contributed by atoms with Gasteiger partial charge in [-0.05, 0) is 32.3 Å². The molecule has 88 valence electrons. The Hall–Kier alpha value is -1.31. The van der Waals surface area contributed by atoms with Crippen LogP contribution in [0.5, 0.6) is 5.75 Å². The molecule has 0 aliphatic rings. The van der Waals surface area contributed by atoms with Gasteiger partial charge in [-0.3, -0.25) is 0 Å². The van der Waals surface area contributed by atoms with Gasteiger partial charge in [-0.15, -0.1) is 0 Å². The van der Waals surface area contributed by atoms with Crippen molar-refractivity contribution in [2.45, 2.75) is 46.5 Å². The summed E-state index contributed by atoms with van der Waals surface area (Å²) in [6.07, 6.45) is 4.44. The van der Waals surface area contributed by atoms with E-state index in [0.717, 1.165) is 29.5 Å². The predicted molar refractivity (Wildman–Crippen MR) is 68.6 cm³/mol. The van der Waals surface area contributed by atoms with Crippen LogP contribution in [0.1, 0.15) is 49.8 Å². The van der Waals surface area contributed by atoms with E-state index in [9.17, 15) is 5.11 Å². The maximum atomic E-state index is 10.0. The first-order chi connectivity index (χ1) is 7.57. The molecule has 0 fully saturated rings. The van der Waals surface area contributed by atoms with E-state index in [1.165, 1.54) is 12.8 Å². The monoisotopic (exact) mass is 219 g/mol. The summed E-state index contributed by atoms with van der Waals surface area (Å²) >= 11 is 0. The van der Waals surface area contributed by atoms with Crippen molar-refractivity contribution in [3.05, 3.63) is 28.8 Å². The van der Waals surface area contributed by atoms with Crippen LogP contribution in [0, 0.1) is 12.3 Å². The number of aromatic hydroxyl groups is 1. The zero-order chi connectivity index (χ0) is 12.1.